The van der Waals surface area contributed by atoms with Crippen LogP contribution in [-0.2, 0) is 19.1 Å². The standard InChI is InChI=1S/C17H23N3O5.ClH/c1-24-16(22)6-7-19-17(23)12-2-4-13(5-3-12)20-15(21)10-14-11-25-9-8-18-14;/h2-5,14,18H,6-11H2,1H3,(H,19,23)(H,20,21);1H. The second kappa shape index (κ2) is 11.5. The van der Waals surface area contributed by atoms with Gasteiger partial charge < -0.3 is 25.4 Å². The first-order valence-electron chi connectivity index (χ1n) is 8.14. The minimum Gasteiger partial charge on any atom is -0.469 e. The number of amides is 2. The number of carbonyl (C=O) groups is 3. The van der Waals surface area contributed by atoms with Crippen LogP contribution in [0.15, 0.2) is 24.3 Å². The Hall–Kier alpha value is -2.16. The Morgan fingerprint density at radius 3 is 2.62 bits per heavy atom. The Balaban J connectivity index is 0.00000338. The monoisotopic (exact) mass is 385 g/mol. The van der Waals surface area contributed by atoms with Gasteiger partial charge in [0.15, 0.2) is 0 Å². The average Bonchev–Trinajstić information content (AvgIpc) is 2.62. The SMILES string of the molecule is COC(=O)CCNC(=O)c1ccc(NC(=O)CC2COCCN2)cc1.Cl. The van der Waals surface area contributed by atoms with Crippen molar-refractivity contribution in [3.8, 4) is 0 Å². The van der Waals surface area contributed by atoms with Crippen LogP contribution in [0.25, 0.3) is 0 Å². The molecule has 26 heavy (non-hydrogen) atoms. The van der Waals surface area contributed by atoms with Gasteiger partial charge in [0.2, 0.25) is 5.91 Å². The van der Waals surface area contributed by atoms with Gasteiger partial charge >= 0.3 is 5.97 Å². The fraction of sp³-hybridized carbons (Fsp3) is 0.471. The van der Waals surface area contributed by atoms with Gasteiger partial charge in [0.1, 0.15) is 0 Å². The highest BCUT2D eigenvalue weighted by Crippen LogP contribution is 2.11. The van der Waals surface area contributed by atoms with Crippen LogP contribution in [-0.4, -0.2) is 57.2 Å². The fourth-order valence-electron chi connectivity index (χ4n) is 2.37. The number of methoxy groups -OCH3 is 1. The average molecular weight is 386 g/mol. The number of morpholine rings is 1. The Kier molecular flexibility index (Phi) is 9.64. The molecule has 1 unspecified atom stereocenters. The first kappa shape index (κ1) is 21.9. The van der Waals surface area contributed by atoms with Crippen LogP contribution in [0.3, 0.4) is 0 Å². The Morgan fingerprint density at radius 2 is 2.00 bits per heavy atom. The Labute approximate surface area is 158 Å². The lowest BCUT2D eigenvalue weighted by Gasteiger charge is -2.23. The predicted molar refractivity (Wildman–Crippen MR) is 98.5 cm³/mol. The van der Waals surface area contributed by atoms with Gasteiger partial charge in [0.25, 0.3) is 5.91 Å². The Bertz CT molecular complexity index is 603. The van der Waals surface area contributed by atoms with Crippen LogP contribution in [0.5, 0.6) is 0 Å². The van der Waals surface area contributed by atoms with E-state index in [0.717, 1.165) is 6.54 Å². The number of anilines is 1. The maximum absolute atomic E-state index is 12.0. The predicted octanol–water partition coefficient (Wildman–Crippen LogP) is 0.718. The second-order valence-corrected chi connectivity index (χ2v) is 5.64. The van der Waals surface area contributed by atoms with Gasteiger partial charge in [-0.3, -0.25) is 14.4 Å². The molecule has 3 N–H and O–H groups in total. The zero-order chi connectivity index (χ0) is 18.1. The van der Waals surface area contributed by atoms with Crippen molar-refractivity contribution in [3.63, 3.8) is 0 Å². The molecule has 0 saturated carbocycles. The highest BCUT2D eigenvalue weighted by Gasteiger charge is 2.17. The van der Waals surface area contributed by atoms with Crippen molar-refractivity contribution in [1.82, 2.24) is 10.6 Å². The summed E-state index contributed by atoms with van der Waals surface area (Å²) in [4.78, 5) is 34.9. The van der Waals surface area contributed by atoms with Crippen LogP contribution in [0.2, 0.25) is 0 Å². The van der Waals surface area contributed by atoms with E-state index in [0.29, 0.717) is 30.9 Å². The van der Waals surface area contributed by atoms with E-state index >= 15 is 0 Å². The summed E-state index contributed by atoms with van der Waals surface area (Å²) in [7, 11) is 1.30. The maximum Gasteiger partial charge on any atom is 0.307 e. The topological polar surface area (TPSA) is 106 Å². The second-order valence-electron chi connectivity index (χ2n) is 5.64. The number of hydrogen-bond acceptors (Lipinski definition) is 6. The normalized spacial score (nSPS) is 16.1. The number of halogens is 1. The summed E-state index contributed by atoms with van der Waals surface area (Å²) in [5.74, 6) is -0.778. The fourth-order valence-corrected chi connectivity index (χ4v) is 2.37. The third-order valence-electron chi connectivity index (χ3n) is 3.70. The zero-order valence-electron chi connectivity index (χ0n) is 14.6. The molecule has 1 aliphatic rings. The summed E-state index contributed by atoms with van der Waals surface area (Å²) in [6.45, 7) is 2.15. The van der Waals surface area contributed by atoms with Gasteiger partial charge in [0.05, 0.1) is 26.7 Å². The molecular weight excluding hydrogens is 362 g/mol. The molecule has 0 bridgehead atoms. The van der Waals surface area contributed by atoms with E-state index in [2.05, 4.69) is 20.7 Å². The number of carbonyl (C=O) groups excluding carboxylic acids is 3. The van der Waals surface area contributed by atoms with E-state index in [9.17, 15) is 14.4 Å². The maximum atomic E-state index is 12.0. The molecule has 1 atom stereocenters. The summed E-state index contributed by atoms with van der Waals surface area (Å²) in [6.07, 6.45) is 0.449. The van der Waals surface area contributed by atoms with Crippen LogP contribution in [0.4, 0.5) is 5.69 Å². The molecule has 1 saturated heterocycles. The highest BCUT2D eigenvalue weighted by atomic mass is 35.5. The lowest BCUT2D eigenvalue weighted by molar-refractivity contribution is -0.140. The molecule has 9 heteroatoms. The van der Waals surface area contributed by atoms with Gasteiger partial charge in [-0.1, -0.05) is 0 Å². The van der Waals surface area contributed by atoms with Crippen molar-refractivity contribution in [2.45, 2.75) is 18.9 Å². The summed E-state index contributed by atoms with van der Waals surface area (Å²) >= 11 is 0. The van der Waals surface area contributed by atoms with Gasteiger partial charge in [-0.05, 0) is 24.3 Å². The van der Waals surface area contributed by atoms with E-state index in [1.54, 1.807) is 24.3 Å². The number of esters is 1. The number of ether oxygens (including phenoxy) is 2. The molecule has 0 spiro atoms. The molecule has 8 nitrogen and oxygen atoms in total. The smallest absolute Gasteiger partial charge is 0.307 e. The first-order chi connectivity index (χ1) is 12.1. The molecule has 1 fully saturated rings. The quantitative estimate of drug-likeness (QED) is 0.597. The van der Waals surface area contributed by atoms with E-state index in [4.69, 9.17) is 4.74 Å². The lowest BCUT2D eigenvalue weighted by atomic mass is 10.1. The molecule has 1 heterocycles. The highest BCUT2D eigenvalue weighted by molar-refractivity contribution is 5.96. The van der Waals surface area contributed by atoms with Crippen LogP contribution in [0.1, 0.15) is 23.2 Å². The van der Waals surface area contributed by atoms with Gasteiger partial charge in [-0.2, -0.15) is 0 Å². The van der Waals surface area contributed by atoms with Gasteiger partial charge in [-0.15, -0.1) is 12.4 Å². The van der Waals surface area contributed by atoms with Crippen molar-refractivity contribution in [1.29, 1.82) is 0 Å². The molecule has 0 aromatic heterocycles. The number of benzene rings is 1. The third-order valence-corrected chi connectivity index (χ3v) is 3.70. The number of hydrogen-bond donors (Lipinski definition) is 3. The molecule has 1 aliphatic heterocycles. The minimum absolute atomic E-state index is 0. The molecule has 1 aromatic rings. The third kappa shape index (κ3) is 7.38. The van der Waals surface area contributed by atoms with Crippen molar-refractivity contribution in [2.24, 2.45) is 0 Å². The first-order valence-corrected chi connectivity index (χ1v) is 8.14. The molecule has 2 rings (SSSR count). The van der Waals surface area contributed by atoms with E-state index in [1.807, 2.05) is 0 Å². The van der Waals surface area contributed by atoms with Gasteiger partial charge in [0, 0.05) is 36.8 Å². The zero-order valence-corrected chi connectivity index (χ0v) is 15.4. The summed E-state index contributed by atoms with van der Waals surface area (Å²) in [5, 5.41) is 8.64. The molecular formula is C17H24ClN3O5. The molecule has 2 amide bonds. The van der Waals surface area contributed by atoms with E-state index < -0.39 is 0 Å². The minimum atomic E-state index is -0.379. The summed E-state index contributed by atoms with van der Waals surface area (Å²) in [5.41, 5.74) is 1.07. The summed E-state index contributed by atoms with van der Waals surface area (Å²) in [6, 6.07) is 6.58. The van der Waals surface area contributed by atoms with Crippen molar-refractivity contribution in [3.05, 3.63) is 29.8 Å². The lowest BCUT2D eigenvalue weighted by Crippen LogP contribution is -2.43. The van der Waals surface area contributed by atoms with Crippen molar-refractivity contribution >= 4 is 35.9 Å². The summed E-state index contributed by atoms with van der Waals surface area (Å²) < 4.78 is 9.82. The van der Waals surface area contributed by atoms with Crippen molar-refractivity contribution < 1.29 is 23.9 Å². The van der Waals surface area contributed by atoms with Crippen LogP contribution >= 0.6 is 12.4 Å². The van der Waals surface area contributed by atoms with Crippen LogP contribution in [0, 0.1) is 0 Å². The number of rotatable bonds is 7. The molecule has 1 aromatic carbocycles. The van der Waals surface area contributed by atoms with Crippen molar-refractivity contribution in [2.75, 3.05) is 38.7 Å². The van der Waals surface area contributed by atoms with E-state index in [-0.39, 0.29) is 49.2 Å². The van der Waals surface area contributed by atoms with Crippen LogP contribution < -0.4 is 16.0 Å². The van der Waals surface area contributed by atoms with Gasteiger partial charge in [-0.25, -0.2) is 0 Å². The largest absolute Gasteiger partial charge is 0.469 e. The Morgan fingerprint density at radius 1 is 1.27 bits per heavy atom. The van der Waals surface area contributed by atoms with E-state index in [1.165, 1.54) is 7.11 Å². The molecule has 0 aliphatic carbocycles. The molecule has 144 valence electrons. The molecule has 0 radical (unpaired) electrons. The number of nitrogens with one attached hydrogen (secondary N) is 3.